The van der Waals surface area contributed by atoms with Crippen molar-refractivity contribution in [3.05, 3.63) is 52.8 Å². The molecular formula is C17H14N2O3. The topological polar surface area (TPSA) is 51.7 Å². The van der Waals surface area contributed by atoms with E-state index in [-0.39, 0.29) is 18.7 Å². The van der Waals surface area contributed by atoms with Crippen LogP contribution in [0.3, 0.4) is 0 Å². The van der Waals surface area contributed by atoms with Gasteiger partial charge < -0.3 is 14.4 Å². The molecule has 0 aliphatic carbocycles. The van der Waals surface area contributed by atoms with Crippen molar-refractivity contribution in [2.75, 3.05) is 13.3 Å². The van der Waals surface area contributed by atoms with E-state index in [2.05, 4.69) is 11.1 Å². The fourth-order valence-corrected chi connectivity index (χ4v) is 3.77. The van der Waals surface area contributed by atoms with Crippen LogP contribution in [0.5, 0.6) is 11.5 Å². The average Bonchev–Trinajstić information content (AvgIpc) is 3.04. The van der Waals surface area contributed by atoms with E-state index in [1.807, 2.05) is 23.1 Å². The van der Waals surface area contributed by atoms with Gasteiger partial charge in [-0.1, -0.05) is 6.07 Å². The van der Waals surface area contributed by atoms with Gasteiger partial charge in [0.25, 0.3) is 5.91 Å². The van der Waals surface area contributed by atoms with Crippen LogP contribution in [-0.4, -0.2) is 29.1 Å². The molecule has 5 rings (SSSR count). The lowest BCUT2D eigenvalue weighted by Crippen LogP contribution is -2.44. The second-order valence-corrected chi connectivity index (χ2v) is 5.83. The number of carbonyl (C=O) groups is 1. The van der Waals surface area contributed by atoms with Crippen molar-refractivity contribution in [2.24, 2.45) is 0 Å². The molecule has 5 heteroatoms. The minimum atomic E-state index is 0.0492. The van der Waals surface area contributed by atoms with E-state index in [0.29, 0.717) is 6.54 Å². The third-order valence-corrected chi connectivity index (χ3v) is 4.78. The molecule has 3 aliphatic heterocycles. The summed E-state index contributed by atoms with van der Waals surface area (Å²) < 4.78 is 11.1. The summed E-state index contributed by atoms with van der Waals surface area (Å²) in [6.07, 6.45) is 3.32. The second kappa shape index (κ2) is 4.22. The number of pyridine rings is 1. The number of carbonyl (C=O) groups excluding carboxylic acids is 1. The molecule has 0 spiro atoms. The van der Waals surface area contributed by atoms with E-state index in [0.717, 1.165) is 35.6 Å². The van der Waals surface area contributed by atoms with Gasteiger partial charge in [0.05, 0.1) is 17.3 Å². The zero-order valence-electron chi connectivity index (χ0n) is 11.9. The number of benzene rings is 1. The molecular weight excluding hydrogens is 280 g/mol. The zero-order chi connectivity index (χ0) is 14.7. The Kier molecular flexibility index (Phi) is 2.31. The van der Waals surface area contributed by atoms with E-state index in [1.54, 1.807) is 6.20 Å². The Hall–Kier alpha value is -2.56. The number of ether oxygens (including phenoxy) is 2. The van der Waals surface area contributed by atoms with Gasteiger partial charge in [0, 0.05) is 24.7 Å². The summed E-state index contributed by atoms with van der Waals surface area (Å²) in [6.45, 7) is 0.994. The first-order valence-electron chi connectivity index (χ1n) is 7.49. The van der Waals surface area contributed by atoms with Gasteiger partial charge in [-0.2, -0.15) is 0 Å². The van der Waals surface area contributed by atoms with Gasteiger partial charge in [0.1, 0.15) is 0 Å². The minimum Gasteiger partial charge on any atom is -0.454 e. The van der Waals surface area contributed by atoms with E-state index in [9.17, 15) is 4.79 Å². The third kappa shape index (κ3) is 1.48. The van der Waals surface area contributed by atoms with Crippen LogP contribution >= 0.6 is 0 Å². The van der Waals surface area contributed by atoms with Gasteiger partial charge in [-0.25, -0.2) is 0 Å². The molecule has 1 atom stereocenters. The van der Waals surface area contributed by atoms with Crippen LogP contribution in [0.25, 0.3) is 0 Å². The molecule has 0 saturated carbocycles. The van der Waals surface area contributed by atoms with Crippen molar-refractivity contribution in [2.45, 2.75) is 18.9 Å². The van der Waals surface area contributed by atoms with Gasteiger partial charge in [0.2, 0.25) is 6.79 Å². The van der Waals surface area contributed by atoms with E-state index < -0.39 is 0 Å². The molecule has 2 aromatic rings. The first-order valence-corrected chi connectivity index (χ1v) is 7.49. The van der Waals surface area contributed by atoms with Crippen molar-refractivity contribution in [3.63, 3.8) is 0 Å². The zero-order valence-corrected chi connectivity index (χ0v) is 11.9. The molecule has 0 bridgehead atoms. The third-order valence-electron chi connectivity index (χ3n) is 4.78. The Morgan fingerprint density at radius 1 is 1.23 bits per heavy atom. The van der Waals surface area contributed by atoms with Crippen molar-refractivity contribution >= 4 is 5.91 Å². The summed E-state index contributed by atoms with van der Waals surface area (Å²) in [5, 5.41) is 0. The van der Waals surface area contributed by atoms with E-state index >= 15 is 0 Å². The Labute approximate surface area is 127 Å². The minimum absolute atomic E-state index is 0.0492. The monoisotopic (exact) mass is 294 g/mol. The summed E-state index contributed by atoms with van der Waals surface area (Å²) in [5.41, 5.74) is 3.98. The fourth-order valence-electron chi connectivity index (χ4n) is 3.77. The highest BCUT2D eigenvalue weighted by atomic mass is 16.7. The summed E-state index contributed by atoms with van der Waals surface area (Å²) >= 11 is 0. The lowest BCUT2D eigenvalue weighted by Gasteiger charge is -2.40. The highest BCUT2D eigenvalue weighted by Crippen LogP contribution is 2.45. The molecule has 1 aromatic heterocycles. The van der Waals surface area contributed by atoms with Gasteiger partial charge in [-0.15, -0.1) is 0 Å². The first-order chi connectivity index (χ1) is 10.8. The van der Waals surface area contributed by atoms with Crippen LogP contribution in [-0.2, 0) is 12.8 Å². The number of fused-ring (bicyclic) bond motifs is 6. The molecule has 0 saturated heterocycles. The molecule has 1 amide bonds. The van der Waals surface area contributed by atoms with Crippen LogP contribution < -0.4 is 9.47 Å². The molecule has 5 nitrogen and oxygen atoms in total. The molecule has 0 fully saturated rings. The van der Waals surface area contributed by atoms with Crippen LogP contribution in [0, 0.1) is 0 Å². The highest BCUT2D eigenvalue weighted by molar-refractivity contribution is 5.97. The molecule has 0 radical (unpaired) electrons. The number of aromatic nitrogens is 1. The average molecular weight is 294 g/mol. The number of amides is 1. The number of nitrogens with zero attached hydrogens (tertiary/aromatic N) is 2. The van der Waals surface area contributed by atoms with Gasteiger partial charge >= 0.3 is 0 Å². The van der Waals surface area contributed by atoms with Crippen molar-refractivity contribution in [3.8, 4) is 11.5 Å². The lowest BCUT2D eigenvalue weighted by molar-refractivity contribution is 0.0627. The smallest absolute Gasteiger partial charge is 0.256 e. The van der Waals surface area contributed by atoms with Crippen LogP contribution in [0.2, 0.25) is 0 Å². The summed E-state index contributed by atoms with van der Waals surface area (Å²) in [6, 6.07) is 7.76. The Bertz CT molecular complexity index is 802. The second-order valence-electron chi connectivity index (χ2n) is 5.83. The normalized spacial score (nSPS) is 21.2. The van der Waals surface area contributed by atoms with Gasteiger partial charge in [0.15, 0.2) is 11.5 Å². The number of hydrogen-bond donors (Lipinski definition) is 0. The maximum absolute atomic E-state index is 12.7. The predicted octanol–water partition coefficient (Wildman–Crippen LogP) is 2.11. The fraction of sp³-hybridized carbons (Fsp3) is 0.294. The maximum atomic E-state index is 12.7. The van der Waals surface area contributed by atoms with Crippen LogP contribution in [0.4, 0.5) is 0 Å². The molecule has 1 unspecified atom stereocenters. The van der Waals surface area contributed by atoms with Crippen molar-refractivity contribution < 1.29 is 14.3 Å². The summed E-state index contributed by atoms with van der Waals surface area (Å²) in [4.78, 5) is 19.1. The summed E-state index contributed by atoms with van der Waals surface area (Å²) in [7, 11) is 0. The summed E-state index contributed by atoms with van der Waals surface area (Å²) in [5.74, 6) is 1.76. The number of rotatable bonds is 0. The van der Waals surface area contributed by atoms with E-state index in [1.165, 1.54) is 11.1 Å². The first kappa shape index (κ1) is 12.0. The van der Waals surface area contributed by atoms with Gasteiger partial charge in [-0.3, -0.25) is 9.78 Å². The molecule has 0 N–H and O–H groups in total. The van der Waals surface area contributed by atoms with Crippen molar-refractivity contribution in [1.29, 1.82) is 0 Å². The molecule has 3 aliphatic rings. The predicted molar refractivity (Wildman–Crippen MR) is 78.0 cm³/mol. The largest absolute Gasteiger partial charge is 0.454 e. The Balaban J connectivity index is 1.65. The quantitative estimate of drug-likeness (QED) is 0.746. The molecule has 4 heterocycles. The number of hydrogen-bond acceptors (Lipinski definition) is 4. The van der Waals surface area contributed by atoms with Gasteiger partial charge in [-0.05, 0) is 30.2 Å². The molecule has 110 valence electrons. The SMILES string of the molecule is O=C1c2cccnc2CC2c3ccc4c(c3CCN12)OCO4. The Morgan fingerprint density at radius 2 is 2.18 bits per heavy atom. The van der Waals surface area contributed by atoms with Crippen LogP contribution in [0.15, 0.2) is 30.5 Å². The standard InChI is InChI=1S/C17H14N2O3/c20-17-12-2-1-6-18-13(12)8-14-10-3-4-15-16(22-9-21-15)11(10)5-7-19(14)17/h1-4,6,14H,5,7-9H2. The Morgan fingerprint density at radius 3 is 3.14 bits per heavy atom. The molecule has 1 aromatic carbocycles. The highest BCUT2D eigenvalue weighted by Gasteiger charge is 2.39. The lowest BCUT2D eigenvalue weighted by atomic mass is 9.85. The molecule has 22 heavy (non-hydrogen) atoms. The van der Waals surface area contributed by atoms with E-state index in [4.69, 9.17) is 9.47 Å². The van der Waals surface area contributed by atoms with Crippen LogP contribution in [0.1, 0.15) is 33.2 Å². The van der Waals surface area contributed by atoms with Crippen molar-refractivity contribution in [1.82, 2.24) is 9.88 Å². The maximum Gasteiger partial charge on any atom is 0.256 e.